The third kappa shape index (κ3) is 6.19. The molecule has 27 heavy (non-hydrogen) atoms. The van der Waals surface area contributed by atoms with E-state index >= 15 is 0 Å². The zero-order valence-corrected chi connectivity index (χ0v) is 17.4. The van der Waals surface area contributed by atoms with E-state index in [1.165, 1.54) is 16.9 Å². The van der Waals surface area contributed by atoms with E-state index < -0.39 is 0 Å². The van der Waals surface area contributed by atoms with Crippen molar-refractivity contribution in [3.63, 3.8) is 0 Å². The second-order valence-electron chi connectivity index (χ2n) is 6.34. The van der Waals surface area contributed by atoms with Crippen LogP contribution in [0.1, 0.15) is 35.0 Å². The summed E-state index contributed by atoms with van der Waals surface area (Å²) < 4.78 is 6.80. The normalized spacial score (nSPS) is 11.8. The summed E-state index contributed by atoms with van der Waals surface area (Å²) in [7, 11) is 0. The monoisotopic (exact) mass is 444 g/mol. The number of amides is 1. The van der Waals surface area contributed by atoms with E-state index in [9.17, 15) is 4.79 Å². The first-order valence-electron chi connectivity index (χ1n) is 8.75. The molecule has 3 rings (SSSR count). The smallest absolute Gasteiger partial charge is 0.251 e. The molecular weight excluding hydrogens is 424 g/mol. The number of ether oxygens (including phenoxy) is 1. The number of benzene rings is 2. The number of aryl methyl sites for hydroxylation is 1. The average Bonchev–Trinajstić information content (AvgIpc) is 3.20. The van der Waals surface area contributed by atoms with Gasteiger partial charge in [0.05, 0.1) is 11.2 Å². The minimum absolute atomic E-state index is 0.0840. The summed E-state index contributed by atoms with van der Waals surface area (Å²) >= 11 is 4.98. The highest BCUT2D eigenvalue weighted by Gasteiger charge is 2.11. The lowest BCUT2D eigenvalue weighted by atomic mass is 10.1. The number of rotatable bonds is 8. The Morgan fingerprint density at radius 3 is 2.81 bits per heavy atom. The zero-order valence-electron chi connectivity index (χ0n) is 15.0. The maximum Gasteiger partial charge on any atom is 0.251 e. The number of carbonyl (C=O) groups excluding carboxylic acids is 1. The van der Waals surface area contributed by atoms with E-state index in [0.29, 0.717) is 17.9 Å². The lowest BCUT2D eigenvalue weighted by molar-refractivity contribution is 0.0938. The first kappa shape index (κ1) is 19.6. The maximum atomic E-state index is 12.5. The Bertz CT molecular complexity index is 866. The molecule has 1 unspecified atom stereocenters. The number of nitrogens with one attached hydrogen (secondary N) is 1. The molecule has 0 bridgehead atoms. The highest BCUT2D eigenvalue weighted by atomic mass is 79.9. The largest absolute Gasteiger partial charge is 0.487 e. The number of aromatic nitrogens is 1. The van der Waals surface area contributed by atoms with Gasteiger partial charge >= 0.3 is 0 Å². The Kier molecular flexibility index (Phi) is 7.01. The Hall–Kier alpha value is -2.18. The van der Waals surface area contributed by atoms with Gasteiger partial charge in [-0.15, -0.1) is 11.3 Å². The van der Waals surface area contributed by atoms with Crippen LogP contribution in [0.5, 0.6) is 5.75 Å². The van der Waals surface area contributed by atoms with Gasteiger partial charge in [-0.3, -0.25) is 4.79 Å². The van der Waals surface area contributed by atoms with Gasteiger partial charge in [-0.2, -0.15) is 0 Å². The highest BCUT2D eigenvalue weighted by molar-refractivity contribution is 9.10. The van der Waals surface area contributed by atoms with Gasteiger partial charge < -0.3 is 10.1 Å². The Morgan fingerprint density at radius 1 is 1.26 bits per heavy atom. The van der Waals surface area contributed by atoms with Crippen molar-refractivity contribution in [2.75, 3.05) is 0 Å². The molecule has 140 valence electrons. The molecule has 0 radical (unpaired) electrons. The lowest BCUT2D eigenvalue weighted by Crippen LogP contribution is -2.32. The highest BCUT2D eigenvalue weighted by Crippen LogP contribution is 2.16. The minimum Gasteiger partial charge on any atom is -0.487 e. The second-order valence-corrected chi connectivity index (χ2v) is 7.97. The molecule has 2 aromatic carbocycles. The summed E-state index contributed by atoms with van der Waals surface area (Å²) in [5.41, 5.74) is 4.52. The number of nitrogens with zero attached hydrogens (tertiary/aromatic N) is 1. The third-order valence-electron chi connectivity index (χ3n) is 4.12. The zero-order chi connectivity index (χ0) is 19.1. The molecule has 0 aliphatic carbocycles. The van der Waals surface area contributed by atoms with Crippen molar-refractivity contribution in [3.8, 4) is 5.75 Å². The van der Waals surface area contributed by atoms with E-state index in [4.69, 9.17) is 4.74 Å². The van der Waals surface area contributed by atoms with E-state index in [2.05, 4.69) is 38.4 Å². The minimum atomic E-state index is -0.0857. The maximum absolute atomic E-state index is 12.5. The van der Waals surface area contributed by atoms with Crippen LogP contribution < -0.4 is 10.1 Å². The first-order chi connectivity index (χ1) is 13.1. The van der Waals surface area contributed by atoms with E-state index in [0.717, 1.165) is 23.0 Å². The fourth-order valence-corrected chi connectivity index (χ4v) is 3.41. The summed E-state index contributed by atoms with van der Waals surface area (Å²) in [5, 5.41) is 5.01. The van der Waals surface area contributed by atoms with E-state index in [1.807, 2.05) is 36.6 Å². The average molecular weight is 445 g/mol. The molecule has 0 fully saturated rings. The number of carbonyl (C=O) groups is 1. The predicted molar refractivity (Wildman–Crippen MR) is 112 cm³/mol. The molecule has 1 N–H and O–H groups in total. The molecule has 6 heteroatoms. The molecule has 0 aliphatic heterocycles. The van der Waals surface area contributed by atoms with Crippen molar-refractivity contribution in [3.05, 3.63) is 80.7 Å². The number of thiazole rings is 1. The van der Waals surface area contributed by atoms with Gasteiger partial charge in [0, 0.05) is 21.5 Å². The molecule has 0 spiro atoms. The fraction of sp³-hybridized carbons (Fsp3) is 0.238. The van der Waals surface area contributed by atoms with Crippen molar-refractivity contribution >= 4 is 33.2 Å². The summed E-state index contributed by atoms with van der Waals surface area (Å²) in [6, 6.07) is 15.6. The van der Waals surface area contributed by atoms with Gasteiger partial charge in [0.1, 0.15) is 12.4 Å². The second kappa shape index (κ2) is 9.67. The molecule has 4 nitrogen and oxygen atoms in total. The van der Waals surface area contributed by atoms with Crippen LogP contribution in [0, 0.1) is 0 Å². The van der Waals surface area contributed by atoms with Gasteiger partial charge in [-0.05, 0) is 55.7 Å². The van der Waals surface area contributed by atoms with Crippen molar-refractivity contribution in [2.45, 2.75) is 32.4 Å². The quantitative estimate of drug-likeness (QED) is 0.516. The third-order valence-corrected chi connectivity index (χ3v) is 5.29. The van der Waals surface area contributed by atoms with Crippen LogP contribution in [0.4, 0.5) is 0 Å². The van der Waals surface area contributed by atoms with E-state index in [1.54, 1.807) is 17.6 Å². The summed E-state index contributed by atoms with van der Waals surface area (Å²) in [5.74, 6) is 0.579. The van der Waals surface area contributed by atoms with Crippen LogP contribution in [-0.2, 0) is 13.0 Å². The van der Waals surface area contributed by atoms with Gasteiger partial charge in [0.25, 0.3) is 5.91 Å². The van der Waals surface area contributed by atoms with Crippen molar-refractivity contribution in [2.24, 2.45) is 0 Å². The van der Waals surface area contributed by atoms with Crippen LogP contribution in [0.15, 0.2) is 63.9 Å². The van der Waals surface area contributed by atoms with Gasteiger partial charge in [-0.25, -0.2) is 4.98 Å². The van der Waals surface area contributed by atoms with Gasteiger partial charge in [0.15, 0.2) is 0 Å². The van der Waals surface area contributed by atoms with Crippen molar-refractivity contribution in [1.29, 1.82) is 0 Å². The van der Waals surface area contributed by atoms with E-state index in [-0.39, 0.29) is 11.9 Å². The van der Waals surface area contributed by atoms with Crippen LogP contribution in [-0.4, -0.2) is 16.9 Å². The Labute approximate surface area is 171 Å². The van der Waals surface area contributed by atoms with Crippen LogP contribution in [0.3, 0.4) is 0 Å². The Balaban J connectivity index is 1.50. The van der Waals surface area contributed by atoms with Crippen LogP contribution >= 0.6 is 27.3 Å². The molecule has 1 aromatic heterocycles. The molecule has 0 saturated carbocycles. The summed E-state index contributed by atoms with van der Waals surface area (Å²) in [6.07, 6.45) is 1.80. The number of hydrogen-bond acceptors (Lipinski definition) is 4. The predicted octanol–water partition coefficient (Wildman–Crippen LogP) is 5.24. The lowest BCUT2D eigenvalue weighted by Gasteiger charge is -2.14. The SMILES string of the molecule is CC(CCc1ccc(Br)cc1)NC(=O)c1cccc(OCc2cscn2)c1. The number of halogens is 1. The molecule has 1 atom stereocenters. The molecular formula is C21H21BrN2O2S. The summed E-state index contributed by atoms with van der Waals surface area (Å²) in [6.45, 7) is 2.43. The number of hydrogen-bond donors (Lipinski definition) is 1. The topological polar surface area (TPSA) is 51.2 Å². The van der Waals surface area contributed by atoms with Crippen LogP contribution in [0.2, 0.25) is 0 Å². The van der Waals surface area contributed by atoms with Gasteiger partial charge in [0.2, 0.25) is 0 Å². The molecule has 3 aromatic rings. The fourth-order valence-electron chi connectivity index (χ4n) is 2.61. The Morgan fingerprint density at radius 2 is 2.07 bits per heavy atom. The molecule has 0 saturated heterocycles. The van der Waals surface area contributed by atoms with Crippen LogP contribution in [0.25, 0.3) is 0 Å². The standard InChI is InChI=1S/C21H21BrN2O2S/c1-15(5-6-16-7-9-18(22)10-8-16)24-21(25)17-3-2-4-20(11-17)26-12-19-13-27-14-23-19/h2-4,7-11,13-15H,5-6,12H2,1H3,(H,24,25). The molecule has 1 heterocycles. The van der Waals surface area contributed by atoms with Crippen molar-refractivity contribution < 1.29 is 9.53 Å². The molecule has 1 amide bonds. The first-order valence-corrected chi connectivity index (χ1v) is 10.5. The summed E-state index contributed by atoms with van der Waals surface area (Å²) in [4.78, 5) is 16.7. The molecule has 0 aliphatic rings. The van der Waals surface area contributed by atoms with Gasteiger partial charge in [-0.1, -0.05) is 34.1 Å². The van der Waals surface area contributed by atoms with Crippen molar-refractivity contribution in [1.82, 2.24) is 10.3 Å².